The normalized spacial score (nSPS) is 11.9. The number of hydrogen-bond donors (Lipinski definition) is 2. The van der Waals surface area contributed by atoms with Crippen molar-refractivity contribution in [3.63, 3.8) is 0 Å². The molecule has 0 aliphatic carbocycles. The topological polar surface area (TPSA) is 67.8 Å². The average molecular weight is 189 g/mol. The maximum atomic E-state index is 5.50. The number of nitrogens with one attached hydrogen (secondary N) is 1. The third kappa shape index (κ3) is 1.69. The minimum absolute atomic E-state index is 0.493. The number of rotatable bonds is 2. The Morgan fingerprint density at radius 3 is 3.07 bits per heavy atom. The number of H-pyrrole nitrogens is 1. The van der Waals surface area contributed by atoms with E-state index in [9.17, 15) is 0 Å². The second-order valence-electron chi connectivity index (χ2n) is 3.05. The summed E-state index contributed by atoms with van der Waals surface area (Å²) in [7, 11) is 0. The highest BCUT2D eigenvalue weighted by Crippen LogP contribution is 2.16. The summed E-state index contributed by atoms with van der Waals surface area (Å²) in [5, 5.41) is 6.68. The van der Waals surface area contributed by atoms with Crippen LogP contribution in [0.1, 0.15) is 18.4 Å². The van der Waals surface area contributed by atoms with Crippen LogP contribution in [0.25, 0.3) is 11.6 Å². The predicted molar refractivity (Wildman–Crippen MR) is 55.3 cm³/mol. The van der Waals surface area contributed by atoms with E-state index in [4.69, 9.17) is 10.2 Å². The first-order chi connectivity index (χ1) is 6.75. The summed E-state index contributed by atoms with van der Waals surface area (Å²) in [6.07, 6.45) is 3.56. The maximum absolute atomic E-state index is 5.50. The lowest BCUT2D eigenvalue weighted by molar-refractivity contribution is 0.557. The van der Waals surface area contributed by atoms with Gasteiger partial charge in [-0.2, -0.15) is 5.10 Å². The molecule has 0 fully saturated rings. The second-order valence-corrected chi connectivity index (χ2v) is 3.05. The highest BCUT2D eigenvalue weighted by molar-refractivity contribution is 5.77. The van der Waals surface area contributed by atoms with E-state index in [0.717, 1.165) is 17.0 Å². The van der Waals surface area contributed by atoms with Crippen LogP contribution < -0.4 is 5.73 Å². The quantitative estimate of drug-likeness (QED) is 0.760. The van der Waals surface area contributed by atoms with Crippen LogP contribution in [0.15, 0.2) is 28.9 Å². The molecular weight excluding hydrogens is 178 g/mol. The molecule has 0 bridgehead atoms. The van der Waals surface area contributed by atoms with E-state index in [1.807, 2.05) is 25.1 Å². The standard InChI is InChI=1S/C10H11N3O/c1-7(5-8-3-2-4-14-8)9-6-10(11)13-12-9/h2-6H,1H3,(H3,11,12,13)/b7-5-. The minimum Gasteiger partial charge on any atom is -0.465 e. The molecule has 3 N–H and O–H groups in total. The molecule has 4 nitrogen and oxygen atoms in total. The zero-order valence-electron chi connectivity index (χ0n) is 7.82. The number of nitrogens with two attached hydrogens (primary N) is 1. The van der Waals surface area contributed by atoms with E-state index in [-0.39, 0.29) is 0 Å². The van der Waals surface area contributed by atoms with Crippen LogP contribution in [0.3, 0.4) is 0 Å². The van der Waals surface area contributed by atoms with Gasteiger partial charge in [0.05, 0.1) is 12.0 Å². The summed E-state index contributed by atoms with van der Waals surface area (Å²) >= 11 is 0. The Hall–Kier alpha value is -1.97. The first-order valence-electron chi connectivity index (χ1n) is 4.29. The lowest BCUT2D eigenvalue weighted by Crippen LogP contribution is -1.81. The first kappa shape index (κ1) is 8.62. The molecule has 4 heteroatoms. The Labute approximate surface area is 81.4 Å². The summed E-state index contributed by atoms with van der Waals surface area (Å²) in [6, 6.07) is 5.53. The Kier molecular flexibility index (Phi) is 2.10. The van der Waals surface area contributed by atoms with Gasteiger partial charge in [-0.05, 0) is 30.7 Å². The van der Waals surface area contributed by atoms with Crippen molar-refractivity contribution >= 4 is 17.5 Å². The summed E-state index contributed by atoms with van der Waals surface area (Å²) in [4.78, 5) is 0. The van der Waals surface area contributed by atoms with Gasteiger partial charge in [-0.1, -0.05) is 0 Å². The lowest BCUT2D eigenvalue weighted by atomic mass is 10.2. The number of aromatic nitrogens is 2. The Morgan fingerprint density at radius 2 is 2.50 bits per heavy atom. The van der Waals surface area contributed by atoms with Crippen LogP contribution in [0.5, 0.6) is 0 Å². The zero-order chi connectivity index (χ0) is 9.97. The van der Waals surface area contributed by atoms with Crippen molar-refractivity contribution in [3.05, 3.63) is 35.9 Å². The molecule has 14 heavy (non-hydrogen) atoms. The van der Waals surface area contributed by atoms with Crippen molar-refractivity contribution in [1.82, 2.24) is 10.2 Å². The molecule has 72 valence electrons. The fraction of sp³-hybridized carbons (Fsp3) is 0.100. The number of aromatic amines is 1. The van der Waals surface area contributed by atoms with Gasteiger partial charge >= 0.3 is 0 Å². The lowest BCUT2D eigenvalue weighted by Gasteiger charge is -1.93. The van der Waals surface area contributed by atoms with Crippen LogP contribution in [-0.4, -0.2) is 10.2 Å². The molecule has 0 radical (unpaired) electrons. The molecule has 0 spiro atoms. The van der Waals surface area contributed by atoms with E-state index in [1.54, 1.807) is 12.3 Å². The Bertz CT molecular complexity index is 440. The molecule has 0 amide bonds. The molecule has 0 saturated heterocycles. The maximum Gasteiger partial charge on any atom is 0.145 e. The fourth-order valence-electron chi connectivity index (χ4n) is 1.20. The molecule has 0 atom stereocenters. The third-order valence-electron chi connectivity index (χ3n) is 1.92. The van der Waals surface area contributed by atoms with Gasteiger partial charge in [0.2, 0.25) is 0 Å². The number of furan rings is 1. The minimum atomic E-state index is 0.493. The molecule has 0 aliphatic heterocycles. The van der Waals surface area contributed by atoms with Crippen molar-refractivity contribution in [2.75, 3.05) is 5.73 Å². The highest BCUT2D eigenvalue weighted by Gasteiger charge is 2.00. The molecule has 0 aliphatic rings. The van der Waals surface area contributed by atoms with Crippen molar-refractivity contribution in [3.8, 4) is 0 Å². The van der Waals surface area contributed by atoms with Crippen LogP contribution in [0.4, 0.5) is 5.82 Å². The summed E-state index contributed by atoms with van der Waals surface area (Å²) < 4.78 is 5.19. The van der Waals surface area contributed by atoms with Gasteiger partial charge in [0.1, 0.15) is 11.6 Å². The smallest absolute Gasteiger partial charge is 0.145 e. The third-order valence-corrected chi connectivity index (χ3v) is 1.92. The van der Waals surface area contributed by atoms with Crippen LogP contribution >= 0.6 is 0 Å². The molecule has 0 aromatic carbocycles. The summed E-state index contributed by atoms with van der Waals surface area (Å²) in [5.41, 5.74) is 7.43. The summed E-state index contributed by atoms with van der Waals surface area (Å²) in [6.45, 7) is 1.97. The highest BCUT2D eigenvalue weighted by atomic mass is 16.3. The zero-order valence-corrected chi connectivity index (χ0v) is 7.82. The van der Waals surface area contributed by atoms with Crippen LogP contribution in [0, 0.1) is 0 Å². The second kappa shape index (κ2) is 3.41. The van der Waals surface area contributed by atoms with Gasteiger partial charge in [-0.25, -0.2) is 0 Å². The average Bonchev–Trinajstić information content (AvgIpc) is 2.75. The van der Waals surface area contributed by atoms with Gasteiger partial charge in [0.25, 0.3) is 0 Å². The van der Waals surface area contributed by atoms with Crippen LogP contribution in [-0.2, 0) is 0 Å². The van der Waals surface area contributed by atoms with Gasteiger partial charge in [-0.15, -0.1) is 0 Å². The fourth-order valence-corrected chi connectivity index (χ4v) is 1.20. The molecule has 2 aromatic rings. The predicted octanol–water partition coefficient (Wildman–Crippen LogP) is 2.15. The number of hydrogen-bond acceptors (Lipinski definition) is 3. The summed E-state index contributed by atoms with van der Waals surface area (Å²) in [5.74, 6) is 1.31. The van der Waals surface area contributed by atoms with E-state index in [0.29, 0.717) is 5.82 Å². The first-order valence-corrected chi connectivity index (χ1v) is 4.29. The molecule has 2 heterocycles. The molecule has 0 saturated carbocycles. The van der Waals surface area contributed by atoms with E-state index < -0.39 is 0 Å². The van der Waals surface area contributed by atoms with Crippen molar-refractivity contribution in [1.29, 1.82) is 0 Å². The van der Waals surface area contributed by atoms with Gasteiger partial charge in [0.15, 0.2) is 0 Å². The Morgan fingerprint density at radius 1 is 1.64 bits per heavy atom. The molecule has 2 rings (SSSR count). The van der Waals surface area contributed by atoms with Gasteiger partial charge < -0.3 is 10.2 Å². The largest absolute Gasteiger partial charge is 0.465 e. The number of allylic oxidation sites excluding steroid dienone is 1. The van der Waals surface area contributed by atoms with Crippen molar-refractivity contribution in [2.24, 2.45) is 0 Å². The molecule has 0 unspecified atom stereocenters. The van der Waals surface area contributed by atoms with Gasteiger partial charge in [-0.3, -0.25) is 5.10 Å². The van der Waals surface area contributed by atoms with Crippen LogP contribution in [0.2, 0.25) is 0 Å². The van der Waals surface area contributed by atoms with E-state index >= 15 is 0 Å². The van der Waals surface area contributed by atoms with E-state index in [2.05, 4.69) is 10.2 Å². The Balaban J connectivity index is 2.28. The molecule has 2 aromatic heterocycles. The van der Waals surface area contributed by atoms with E-state index in [1.165, 1.54) is 0 Å². The van der Waals surface area contributed by atoms with Gasteiger partial charge in [0, 0.05) is 6.07 Å². The number of nitrogens with zero attached hydrogens (tertiary/aromatic N) is 1. The monoisotopic (exact) mass is 189 g/mol. The van der Waals surface area contributed by atoms with Crippen molar-refractivity contribution in [2.45, 2.75) is 6.92 Å². The molecular formula is C10H11N3O. The van der Waals surface area contributed by atoms with Crippen molar-refractivity contribution < 1.29 is 4.42 Å². The number of nitrogen functional groups attached to an aromatic ring is 1. The SMILES string of the molecule is C/C(=C/c1ccco1)c1cc(N)n[nH]1. The number of anilines is 1.